The van der Waals surface area contributed by atoms with Gasteiger partial charge in [0.1, 0.15) is 11.1 Å². The number of rotatable bonds is 6. The molecule has 0 saturated heterocycles. The van der Waals surface area contributed by atoms with Crippen LogP contribution in [-0.4, -0.2) is 12.5 Å². The third-order valence-electron chi connectivity index (χ3n) is 5.02. The van der Waals surface area contributed by atoms with E-state index in [1.165, 1.54) is 4.88 Å². The molecule has 1 aromatic heterocycles. The van der Waals surface area contributed by atoms with Gasteiger partial charge in [-0.2, -0.15) is 5.26 Å². The first-order chi connectivity index (χ1) is 13.8. The first kappa shape index (κ1) is 18.4. The Hall–Kier alpha value is -2.94. The number of amides is 1. The van der Waals surface area contributed by atoms with Crippen molar-refractivity contribution in [2.45, 2.75) is 25.3 Å². The minimum atomic E-state index is -0.131. The van der Waals surface area contributed by atoms with E-state index in [-0.39, 0.29) is 18.5 Å². The number of thiophene rings is 1. The second kappa shape index (κ2) is 8.39. The second-order valence-electron chi connectivity index (χ2n) is 6.86. The molecule has 2 N–H and O–H groups in total. The molecule has 5 heteroatoms. The van der Waals surface area contributed by atoms with Crippen LogP contribution in [0, 0.1) is 11.3 Å². The topological polar surface area (TPSA) is 64.9 Å². The van der Waals surface area contributed by atoms with Crippen molar-refractivity contribution in [2.24, 2.45) is 0 Å². The van der Waals surface area contributed by atoms with Crippen molar-refractivity contribution in [1.29, 1.82) is 5.26 Å². The zero-order chi connectivity index (χ0) is 19.3. The Morgan fingerprint density at radius 3 is 2.29 bits per heavy atom. The maximum absolute atomic E-state index is 12.6. The number of hydrogen-bond acceptors (Lipinski definition) is 4. The van der Waals surface area contributed by atoms with Gasteiger partial charge in [0.2, 0.25) is 5.91 Å². The summed E-state index contributed by atoms with van der Waals surface area (Å²) < 4.78 is 0. The molecular weight excluding hydrogens is 366 g/mol. The zero-order valence-electron chi connectivity index (χ0n) is 15.4. The Balaban J connectivity index is 1.47. The van der Waals surface area contributed by atoms with E-state index in [2.05, 4.69) is 41.0 Å². The summed E-state index contributed by atoms with van der Waals surface area (Å²) in [4.78, 5) is 13.8. The van der Waals surface area contributed by atoms with Crippen LogP contribution in [0.3, 0.4) is 0 Å². The van der Waals surface area contributed by atoms with Crippen LogP contribution in [0.15, 0.2) is 60.7 Å². The molecule has 2 aromatic carbocycles. The number of fused-ring (bicyclic) bond motifs is 1. The lowest BCUT2D eigenvalue weighted by Gasteiger charge is -2.19. The largest absolute Gasteiger partial charge is 0.315 e. The lowest BCUT2D eigenvalue weighted by atomic mass is 9.99. The second-order valence-corrected chi connectivity index (χ2v) is 7.96. The molecule has 1 aliphatic rings. The van der Waals surface area contributed by atoms with Crippen LogP contribution in [0.5, 0.6) is 0 Å². The number of aryl methyl sites for hydroxylation is 1. The van der Waals surface area contributed by atoms with Crippen molar-refractivity contribution in [2.75, 3.05) is 11.9 Å². The molecule has 28 heavy (non-hydrogen) atoms. The molecule has 4 nitrogen and oxygen atoms in total. The normalized spacial score (nSPS) is 12.6. The van der Waals surface area contributed by atoms with Gasteiger partial charge in [-0.3, -0.25) is 10.1 Å². The summed E-state index contributed by atoms with van der Waals surface area (Å²) in [5.74, 6) is -0.131. The van der Waals surface area contributed by atoms with E-state index >= 15 is 0 Å². The Bertz CT molecular complexity index is 966. The van der Waals surface area contributed by atoms with Gasteiger partial charge in [-0.1, -0.05) is 60.7 Å². The van der Waals surface area contributed by atoms with Crippen LogP contribution >= 0.6 is 11.3 Å². The van der Waals surface area contributed by atoms with E-state index in [4.69, 9.17) is 0 Å². The van der Waals surface area contributed by atoms with E-state index in [0.29, 0.717) is 10.6 Å². The van der Waals surface area contributed by atoms with E-state index in [9.17, 15) is 10.1 Å². The van der Waals surface area contributed by atoms with Crippen LogP contribution in [-0.2, 0) is 17.6 Å². The first-order valence-electron chi connectivity index (χ1n) is 9.44. The molecule has 0 radical (unpaired) electrons. The average Bonchev–Trinajstić information content (AvgIpc) is 3.30. The number of anilines is 1. The number of benzene rings is 2. The number of nitrogens with zero attached hydrogens (tertiary/aromatic N) is 1. The van der Waals surface area contributed by atoms with E-state index < -0.39 is 0 Å². The molecule has 0 aliphatic heterocycles. The molecule has 0 saturated carbocycles. The number of carbonyl (C=O) groups is 1. The summed E-state index contributed by atoms with van der Waals surface area (Å²) in [6.45, 7) is 0.169. The molecule has 1 heterocycles. The van der Waals surface area contributed by atoms with Gasteiger partial charge in [0.15, 0.2) is 0 Å². The van der Waals surface area contributed by atoms with E-state index in [1.807, 2.05) is 36.4 Å². The fraction of sp³-hybridized carbons (Fsp3) is 0.217. The van der Waals surface area contributed by atoms with Gasteiger partial charge in [-0.15, -0.1) is 11.3 Å². The maximum Gasteiger partial charge on any atom is 0.238 e. The lowest BCUT2D eigenvalue weighted by Crippen LogP contribution is -2.31. The molecule has 1 amide bonds. The van der Waals surface area contributed by atoms with Crippen molar-refractivity contribution < 1.29 is 4.79 Å². The number of hydrogen-bond donors (Lipinski definition) is 2. The van der Waals surface area contributed by atoms with Gasteiger partial charge in [0.25, 0.3) is 0 Å². The highest BCUT2D eigenvalue weighted by molar-refractivity contribution is 7.16. The molecule has 0 unspecified atom stereocenters. The van der Waals surface area contributed by atoms with Crippen LogP contribution < -0.4 is 10.6 Å². The van der Waals surface area contributed by atoms with Crippen LogP contribution in [0.1, 0.15) is 39.6 Å². The van der Waals surface area contributed by atoms with Gasteiger partial charge >= 0.3 is 0 Å². The predicted octanol–water partition coefficient (Wildman–Crippen LogP) is 4.43. The summed E-state index contributed by atoms with van der Waals surface area (Å²) >= 11 is 1.55. The highest BCUT2D eigenvalue weighted by Gasteiger charge is 2.23. The Kier molecular flexibility index (Phi) is 5.52. The Labute approximate surface area is 168 Å². The molecule has 0 fully saturated rings. The minimum Gasteiger partial charge on any atom is -0.315 e. The molecule has 0 atom stereocenters. The fourth-order valence-electron chi connectivity index (χ4n) is 3.70. The fourth-order valence-corrected chi connectivity index (χ4v) is 4.95. The summed E-state index contributed by atoms with van der Waals surface area (Å²) in [7, 11) is 0. The van der Waals surface area contributed by atoms with Crippen molar-refractivity contribution in [3.05, 3.63) is 87.8 Å². The molecular formula is C23H21N3OS. The lowest BCUT2D eigenvalue weighted by molar-refractivity contribution is -0.115. The van der Waals surface area contributed by atoms with E-state index in [0.717, 1.165) is 36.0 Å². The summed E-state index contributed by atoms with van der Waals surface area (Å²) in [5, 5.41) is 16.5. The summed E-state index contributed by atoms with van der Waals surface area (Å²) in [6.07, 6.45) is 3.04. The smallest absolute Gasteiger partial charge is 0.238 e. The first-order valence-corrected chi connectivity index (χ1v) is 10.3. The van der Waals surface area contributed by atoms with Crippen molar-refractivity contribution in [1.82, 2.24) is 5.32 Å². The molecule has 140 valence electrons. The monoisotopic (exact) mass is 387 g/mol. The molecule has 0 spiro atoms. The van der Waals surface area contributed by atoms with Gasteiger partial charge < -0.3 is 5.32 Å². The van der Waals surface area contributed by atoms with Gasteiger partial charge in [-0.25, -0.2) is 0 Å². The quantitative estimate of drug-likeness (QED) is 0.658. The highest BCUT2D eigenvalue weighted by Crippen LogP contribution is 2.38. The molecule has 1 aliphatic carbocycles. The maximum atomic E-state index is 12.6. The molecule has 3 aromatic rings. The van der Waals surface area contributed by atoms with Crippen molar-refractivity contribution in [3.8, 4) is 6.07 Å². The predicted molar refractivity (Wildman–Crippen MR) is 112 cm³/mol. The van der Waals surface area contributed by atoms with Crippen molar-refractivity contribution in [3.63, 3.8) is 0 Å². The van der Waals surface area contributed by atoms with Crippen LogP contribution in [0.25, 0.3) is 0 Å². The third kappa shape index (κ3) is 3.84. The summed E-state index contributed by atoms with van der Waals surface area (Å²) in [5.41, 5.74) is 3.99. The van der Waals surface area contributed by atoms with E-state index in [1.54, 1.807) is 11.3 Å². The Morgan fingerprint density at radius 2 is 1.68 bits per heavy atom. The summed E-state index contributed by atoms with van der Waals surface area (Å²) in [6, 6.07) is 22.4. The SMILES string of the molecule is N#Cc1c(NC(=O)CNC(c2ccccc2)c2ccccc2)sc2c1CCC2. The van der Waals surface area contributed by atoms with Crippen LogP contribution in [0.4, 0.5) is 5.00 Å². The number of nitriles is 1. The van der Waals surface area contributed by atoms with Gasteiger partial charge in [0, 0.05) is 4.88 Å². The van der Waals surface area contributed by atoms with Crippen molar-refractivity contribution >= 4 is 22.2 Å². The Morgan fingerprint density at radius 1 is 1.04 bits per heavy atom. The average molecular weight is 388 g/mol. The van der Waals surface area contributed by atoms with Gasteiger partial charge in [-0.05, 0) is 36.0 Å². The number of nitrogens with one attached hydrogen (secondary N) is 2. The standard InChI is InChI=1S/C23H21N3OS/c24-14-19-18-12-7-13-20(18)28-23(19)26-21(27)15-25-22(16-8-3-1-4-9-16)17-10-5-2-6-11-17/h1-6,8-11,22,25H,7,12-13,15H2,(H,26,27). The van der Waals surface area contributed by atoms with Crippen LogP contribution in [0.2, 0.25) is 0 Å². The molecule has 0 bridgehead atoms. The molecule has 4 rings (SSSR count). The minimum absolute atomic E-state index is 0.0723. The van der Waals surface area contributed by atoms with Gasteiger partial charge in [0.05, 0.1) is 18.2 Å². The highest BCUT2D eigenvalue weighted by atomic mass is 32.1. The zero-order valence-corrected chi connectivity index (χ0v) is 16.3. The third-order valence-corrected chi connectivity index (χ3v) is 6.23. The number of carbonyl (C=O) groups excluding carboxylic acids is 1.